The van der Waals surface area contributed by atoms with Crippen molar-refractivity contribution in [2.75, 3.05) is 17.2 Å². The number of rotatable bonds is 6. The molecule has 0 atom stereocenters. The Kier molecular flexibility index (Phi) is 7.16. The highest BCUT2D eigenvalue weighted by atomic mass is 16.1. The van der Waals surface area contributed by atoms with Gasteiger partial charge in [-0.2, -0.15) is 0 Å². The van der Waals surface area contributed by atoms with E-state index in [9.17, 15) is 4.79 Å². The van der Waals surface area contributed by atoms with Gasteiger partial charge in [0.2, 0.25) is 5.91 Å². The molecule has 1 heterocycles. The molecule has 1 aromatic heterocycles. The van der Waals surface area contributed by atoms with Crippen LogP contribution in [0.1, 0.15) is 57.8 Å². The highest BCUT2D eigenvalue weighted by Crippen LogP contribution is 2.20. The molecular weight excluding hydrogens is 276 g/mol. The first kappa shape index (κ1) is 16.7. The van der Waals surface area contributed by atoms with Gasteiger partial charge >= 0.3 is 0 Å². The molecule has 0 spiro atoms. The van der Waals surface area contributed by atoms with Crippen LogP contribution in [-0.4, -0.2) is 23.5 Å². The second-order valence-corrected chi connectivity index (χ2v) is 6.06. The summed E-state index contributed by atoms with van der Waals surface area (Å²) in [6, 6.07) is 4.37. The SMILES string of the molecule is NCCCC(=O)Nc1ccc(NC2CCCCCCC2)nc1. The fourth-order valence-corrected chi connectivity index (χ4v) is 2.85. The van der Waals surface area contributed by atoms with E-state index in [0.29, 0.717) is 25.4 Å². The maximum absolute atomic E-state index is 11.6. The Hall–Kier alpha value is -1.62. The van der Waals surface area contributed by atoms with Crippen molar-refractivity contribution in [2.24, 2.45) is 5.73 Å². The Labute approximate surface area is 133 Å². The fourth-order valence-electron chi connectivity index (χ4n) is 2.85. The maximum atomic E-state index is 11.6. The Morgan fingerprint density at radius 3 is 2.55 bits per heavy atom. The van der Waals surface area contributed by atoms with E-state index in [1.807, 2.05) is 12.1 Å². The summed E-state index contributed by atoms with van der Waals surface area (Å²) < 4.78 is 0. The lowest BCUT2D eigenvalue weighted by Crippen LogP contribution is -2.21. The lowest BCUT2D eigenvalue weighted by Gasteiger charge is -2.21. The molecular formula is C17H28N4O. The van der Waals surface area contributed by atoms with Crippen LogP contribution in [0.15, 0.2) is 18.3 Å². The summed E-state index contributed by atoms with van der Waals surface area (Å²) in [7, 11) is 0. The number of nitrogens with zero attached hydrogens (tertiary/aromatic N) is 1. The van der Waals surface area contributed by atoms with Gasteiger partial charge in [-0.05, 0) is 37.9 Å². The zero-order valence-electron chi connectivity index (χ0n) is 13.3. The topological polar surface area (TPSA) is 80.0 Å². The third-order valence-electron chi connectivity index (χ3n) is 4.11. The van der Waals surface area contributed by atoms with Crippen LogP contribution in [-0.2, 0) is 4.79 Å². The Morgan fingerprint density at radius 2 is 1.91 bits per heavy atom. The van der Waals surface area contributed by atoms with Gasteiger partial charge in [0.15, 0.2) is 0 Å². The van der Waals surface area contributed by atoms with Crippen LogP contribution in [0, 0.1) is 0 Å². The van der Waals surface area contributed by atoms with E-state index >= 15 is 0 Å². The highest BCUT2D eigenvalue weighted by Gasteiger charge is 2.11. The van der Waals surface area contributed by atoms with Crippen LogP contribution in [0.2, 0.25) is 0 Å². The van der Waals surface area contributed by atoms with E-state index in [1.54, 1.807) is 6.20 Å². The summed E-state index contributed by atoms with van der Waals surface area (Å²) in [5.74, 6) is 0.888. The lowest BCUT2D eigenvalue weighted by molar-refractivity contribution is -0.116. The van der Waals surface area contributed by atoms with Gasteiger partial charge < -0.3 is 16.4 Å². The lowest BCUT2D eigenvalue weighted by atomic mass is 9.97. The molecule has 1 aromatic rings. The molecule has 0 saturated heterocycles. The number of carbonyl (C=O) groups excluding carboxylic acids is 1. The zero-order valence-corrected chi connectivity index (χ0v) is 13.3. The molecule has 5 nitrogen and oxygen atoms in total. The highest BCUT2D eigenvalue weighted by molar-refractivity contribution is 5.90. The molecule has 1 amide bonds. The Morgan fingerprint density at radius 1 is 1.18 bits per heavy atom. The number of aromatic nitrogens is 1. The molecule has 1 aliphatic rings. The van der Waals surface area contributed by atoms with E-state index < -0.39 is 0 Å². The van der Waals surface area contributed by atoms with Crippen LogP contribution in [0.25, 0.3) is 0 Å². The van der Waals surface area contributed by atoms with Crippen molar-refractivity contribution in [3.8, 4) is 0 Å². The number of hydrogen-bond acceptors (Lipinski definition) is 4. The maximum Gasteiger partial charge on any atom is 0.224 e. The molecule has 1 fully saturated rings. The van der Waals surface area contributed by atoms with Crippen LogP contribution in [0.3, 0.4) is 0 Å². The minimum absolute atomic E-state index is 0.00650. The minimum Gasteiger partial charge on any atom is -0.367 e. The van der Waals surface area contributed by atoms with Crippen molar-refractivity contribution in [2.45, 2.75) is 63.8 Å². The smallest absolute Gasteiger partial charge is 0.224 e. The molecule has 0 radical (unpaired) electrons. The molecule has 4 N–H and O–H groups in total. The number of hydrogen-bond donors (Lipinski definition) is 3. The average Bonchev–Trinajstić information content (AvgIpc) is 2.49. The monoisotopic (exact) mass is 304 g/mol. The Balaban J connectivity index is 1.81. The number of anilines is 2. The van der Waals surface area contributed by atoms with Crippen molar-refractivity contribution in [3.05, 3.63) is 18.3 Å². The van der Waals surface area contributed by atoms with Crippen molar-refractivity contribution < 1.29 is 4.79 Å². The summed E-state index contributed by atoms with van der Waals surface area (Å²) >= 11 is 0. The van der Waals surface area contributed by atoms with Crippen LogP contribution < -0.4 is 16.4 Å². The second kappa shape index (κ2) is 9.41. The quantitative estimate of drug-likeness (QED) is 0.753. The summed E-state index contributed by atoms with van der Waals surface area (Å²) in [5.41, 5.74) is 6.14. The molecule has 122 valence electrons. The third-order valence-corrected chi connectivity index (χ3v) is 4.11. The fraction of sp³-hybridized carbons (Fsp3) is 0.647. The van der Waals surface area contributed by atoms with Crippen LogP contribution in [0.5, 0.6) is 0 Å². The first-order chi connectivity index (χ1) is 10.8. The van der Waals surface area contributed by atoms with Gasteiger partial charge in [0.05, 0.1) is 11.9 Å². The predicted octanol–water partition coefficient (Wildman–Crippen LogP) is 3.28. The van der Waals surface area contributed by atoms with Gasteiger partial charge in [0, 0.05) is 12.5 Å². The molecule has 5 heteroatoms. The first-order valence-electron chi connectivity index (χ1n) is 8.50. The summed E-state index contributed by atoms with van der Waals surface area (Å²) in [6.45, 7) is 0.538. The molecule has 0 bridgehead atoms. The largest absolute Gasteiger partial charge is 0.367 e. The molecule has 0 aliphatic heterocycles. The Bertz CT molecular complexity index is 438. The van der Waals surface area contributed by atoms with E-state index in [4.69, 9.17) is 5.73 Å². The standard InChI is InChI=1S/C17H28N4O/c18-12-6-9-17(22)21-15-10-11-16(19-13-15)20-14-7-4-2-1-3-5-8-14/h10-11,13-14H,1-9,12,18H2,(H,19,20)(H,21,22). The molecule has 22 heavy (non-hydrogen) atoms. The van der Waals surface area contributed by atoms with Gasteiger partial charge in [-0.15, -0.1) is 0 Å². The molecule has 1 saturated carbocycles. The summed E-state index contributed by atoms with van der Waals surface area (Å²) in [6.07, 6.45) is 12.0. The predicted molar refractivity (Wildman–Crippen MR) is 90.9 cm³/mol. The number of pyridine rings is 1. The van der Waals surface area contributed by atoms with Crippen molar-refractivity contribution in [1.82, 2.24) is 4.98 Å². The molecule has 0 unspecified atom stereocenters. The van der Waals surface area contributed by atoms with Crippen molar-refractivity contribution >= 4 is 17.4 Å². The molecule has 2 rings (SSSR count). The molecule has 0 aromatic carbocycles. The van der Waals surface area contributed by atoms with Gasteiger partial charge in [-0.3, -0.25) is 4.79 Å². The minimum atomic E-state index is -0.00650. The number of amides is 1. The van der Waals surface area contributed by atoms with Gasteiger partial charge in [0.1, 0.15) is 5.82 Å². The van der Waals surface area contributed by atoms with Gasteiger partial charge in [0.25, 0.3) is 0 Å². The van der Waals surface area contributed by atoms with E-state index in [2.05, 4.69) is 15.6 Å². The van der Waals surface area contributed by atoms with E-state index in [-0.39, 0.29) is 5.91 Å². The number of carbonyl (C=O) groups is 1. The van der Waals surface area contributed by atoms with E-state index in [1.165, 1.54) is 44.9 Å². The third kappa shape index (κ3) is 6.02. The van der Waals surface area contributed by atoms with Crippen LogP contribution >= 0.6 is 0 Å². The summed E-state index contributed by atoms with van der Waals surface area (Å²) in [4.78, 5) is 16.0. The number of nitrogens with two attached hydrogens (primary N) is 1. The summed E-state index contributed by atoms with van der Waals surface area (Å²) in [5, 5.41) is 6.36. The molecule has 1 aliphatic carbocycles. The zero-order chi connectivity index (χ0) is 15.6. The van der Waals surface area contributed by atoms with Crippen molar-refractivity contribution in [3.63, 3.8) is 0 Å². The van der Waals surface area contributed by atoms with Gasteiger partial charge in [-0.1, -0.05) is 32.1 Å². The van der Waals surface area contributed by atoms with Crippen LogP contribution in [0.4, 0.5) is 11.5 Å². The second-order valence-electron chi connectivity index (χ2n) is 6.06. The first-order valence-corrected chi connectivity index (χ1v) is 8.50. The number of nitrogens with one attached hydrogen (secondary N) is 2. The average molecular weight is 304 g/mol. The normalized spacial score (nSPS) is 16.6. The van der Waals surface area contributed by atoms with E-state index in [0.717, 1.165) is 11.5 Å². The van der Waals surface area contributed by atoms with Gasteiger partial charge in [-0.25, -0.2) is 4.98 Å². The van der Waals surface area contributed by atoms with Crippen molar-refractivity contribution in [1.29, 1.82) is 0 Å².